The number of nitrogens with zero attached hydrogens (tertiary/aromatic N) is 2. The largest absolute Gasteiger partial charge is 0.378 e. The fraction of sp³-hybridized carbons (Fsp3) is 0.929. The number of hydrogen-bond acceptors (Lipinski definition) is 5. The van der Waals surface area contributed by atoms with E-state index in [9.17, 15) is 4.39 Å². The maximum absolute atomic E-state index is 14.4. The third-order valence-electron chi connectivity index (χ3n) is 3.39. The van der Waals surface area contributed by atoms with E-state index < -0.39 is 32.9 Å². The molecule has 1 aliphatic heterocycles. The molecule has 0 radical (unpaired) electrons. The lowest BCUT2D eigenvalue weighted by Gasteiger charge is -2.37. The summed E-state index contributed by atoms with van der Waals surface area (Å²) >= 11 is 0. The Morgan fingerprint density at radius 2 is 2.09 bits per heavy atom. The Balaban J connectivity index is 2.88. The van der Waals surface area contributed by atoms with Gasteiger partial charge >= 0.3 is 0 Å². The molecule has 0 aromatic rings. The Labute approximate surface area is 136 Å². The molecule has 1 saturated heterocycles. The second-order valence-corrected chi connectivity index (χ2v) is 7.35. The molecule has 0 saturated carbocycles. The Morgan fingerprint density at radius 1 is 1.45 bits per heavy atom. The number of nitriles is 1. The lowest BCUT2D eigenvalue weighted by Crippen LogP contribution is -2.37. The molecule has 1 aliphatic rings. The van der Waals surface area contributed by atoms with Crippen LogP contribution in [0, 0.1) is 11.3 Å². The molecular weight excluding hydrogens is 305 g/mol. The summed E-state index contributed by atoms with van der Waals surface area (Å²) in [6.45, 7) is 8.28. The van der Waals surface area contributed by atoms with E-state index in [0.29, 0.717) is 0 Å². The van der Waals surface area contributed by atoms with Crippen molar-refractivity contribution >= 4 is 16.4 Å². The molecule has 0 N–H and O–H groups in total. The van der Waals surface area contributed by atoms with Crippen LogP contribution in [-0.2, 0) is 13.8 Å². The highest BCUT2D eigenvalue weighted by Crippen LogP contribution is 2.49. The normalized spacial score (nSPS) is 30.8. The standard InChI is InChI=1S/C14H27BFN2O3P/c1-9(2)18(10(3)4)22(19-8-6-7-17)21-13-11(5)20-14(15)12(13)16/h9-14H,6,8,15H2,1-5H3/i5D. The van der Waals surface area contributed by atoms with Crippen molar-refractivity contribution in [2.45, 2.75) is 77.5 Å². The van der Waals surface area contributed by atoms with Crippen molar-refractivity contribution < 1.29 is 19.5 Å². The number of hydrogen-bond donors (Lipinski definition) is 0. The van der Waals surface area contributed by atoms with Gasteiger partial charge in [0, 0.05) is 13.5 Å². The Bertz CT molecular complexity index is 395. The molecule has 1 heterocycles. The van der Waals surface area contributed by atoms with Crippen LogP contribution >= 0.6 is 8.53 Å². The van der Waals surface area contributed by atoms with Gasteiger partial charge in [0.15, 0.2) is 0 Å². The highest BCUT2D eigenvalue weighted by atomic mass is 31.2. The fourth-order valence-corrected chi connectivity index (χ4v) is 4.19. The van der Waals surface area contributed by atoms with Gasteiger partial charge in [-0.25, -0.2) is 9.06 Å². The molecule has 1 fully saturated rings. The third kappa shape index (κ3) is 5.14. The maximum Gasteiger partial charge on any atom is 0.259 e. The molecule has 5 atom stereocenters. The quantitative estimate of drug-likeness (QED) is 0.388. The second-order valence-electron chi connectivity index (χ2n) is 5.94. The van der Waals surface area contributed by atoms with Gasteiger partial charge in [0.1, 0.15) is 20.1 Å². The summed E-state index contributed by atoms with van der Waals surface area (Å²) in [6.07, 6.45) is -2.43. The van der Waals surface area contributed by atoms with Gasteiger partial charge in [-0.2, -0.15) is 5.26 Å². The average molecular weight is 333 g/mol. The Kier molecular flexibility index (Phi) is 7.53. The van der Waals surface area contributed by atoms with E-state index in [1.807, 2.05) is 38.4 Å². The Hall–Kier alpha value is -0.245. The minimum Gasteiger partial charge on any atom is -0.378 e. The van der Waals surface area contributed by atoms with Gasteiger partial charge in [-0.05, 0) is 34.6 Å². The molecule has 5 unspecified atom stereocenters. The number of halogens is 1. The fourth-order valence-electron chi connectivity index (χ4n) is 2.42. The topological polar surface area (TPSA) is 54.7 Å². The van der Waals surface area contributed by atoms with Crippen molar-refractivity contribution in [2.24, 2.45) is 0 Å². The van der Waals surface area contributed by atoms with E-state index in [1.165, 1.54) is 0 Å². The van der Waals surface area contributed by atoms with Gasteiger partial charge in [-0.1, -0.05) is 0 Å². The lowest BCUT2D eigenvalue weighted by molar-refractivity contribution is 0.0433. The van der Waals surface area contributed by atoms with Crippen LogP contribution in [0.3, 0.4) is 0 Å². The zero-order chi connectivity index (χ0) is 17.6. The summed E-state index contributed by atoms with van der Waals surface area (Å²) < 4.78 is 41.2. The van der Waals surface area contributed by atoms with Gasteiger partial charge in [0.2, 0.25) is 0 Å². The smallest absolute Gasteiger partial charge is 0.259 e. The Morgan fingerprint density at radius 3 is 2.59 bits per heavy atom. The molecule has 8 heteroatoms. The van der Waals surface area contributed by atoms with Gasteiger partial charge in [-0.15, -0.1) is 0 Å². The molecule has 0 aliphatic carbocycles. The monoisotopic (exact) mass is 333 g/mol. The molecule has 126 valence electrons. The summed E-state index contributed by atoms with van der Waals surface area (Å²) in [4.78, 5) is 0. The van der Waals surface area contributed by atoms with E-state index in [2.05, 4.69) is 0 Å². The predicted octanol–water partition coefficient (Wildman–Crippen LogP) is 2.36. The van der Waals surface area contributed by atoms with Crippen LogP contribution in [-0.4, -0.2) is 55.6 Å². The SMILES string of the molecule is [2H]CC1OC(B)C(F)C1OP(OCCC#N)N(C(C)C)C(C)C. The van der Waals surface area contributed by atoms with Crippen molar-refractivity contribution in [1.29, 1.82) is 5.26 Å². The molecule has 0 amide bonds. The molecule has 1 rings (SSSR count). The van der Waals surface area contributed by atoms with E-state index in [1.54, 1.807) is 7.85 Å². The third-order valence-corrected chi connectivity index (χ3v) is 5.52. The van der Waals surface area contributed by atoms with E-state index in [4.69, 9.17) is 20.4 Å². The van der Waals surface area contributed by atoms with Crippen molar-refractivity contribution in [1.82, 2.24) is 4.67 Å². The molecule has 0 aromatic heterocycles. The zero-order valence-electron chi connectivity index (χ0n) is 15.0. The lowest BCUT2D eigenvalue weighted by atomic mass is 9.94. The summed E-state index contributed by atoms with van der Waals surface area (Å²) in [5.74, 6) is 0. The molecular formula is C14H27BFN2O3P. The minimum atomic E-state index is -1.52. The molecule has 0 spiro atoms. The molecule has 5 nitrogen and oxygen atoms in total. The first-order chi connectivity index (χ1) is 10.8. The van der Waals surface area contributed by atoms with Crippen LogP contribution < -0.4 is 0 Å². The number of alkyl halides is 1. The maximum atomic E-state index is 14.4. The van der Waals surface area contributed by atoms with Crippen molar-refractivity contribution in [3.8, 4) is 6.07 Å². The van der Waals surface area contributed by atoms with Gasteiger partial charge in [-0.3, -0.25) is 0 Å². The molecule has 0 bridgehead atoms. The summed E-state index contributed by atoms with van der Waals surface area (Å²) in [5, 5.41) is 8.70. The zero-order valence-corrected chi connectivity index (χ0v) is 14.9. The highest BCUT2D eigenvalue weighted by Gasteiger charge is 2.44. The first-order valence-electron chi connectivity index (χ1n) is 8.37. The molecule has 0 aromatic carbocycles. The van der Waals surface area contributed by atoms with Crippen LogP contribution in [0.15, 0.2) is 0 Å². The van der Waals surface area contributed by atoms with Crippen molar-refractivity contribution in [3.05, 3.63) is 0 Å². The van der Waals surface area contributed by atoms with Crippen LogP contribution in [0.25, 0.3) is 0 Å². The minimum absolute atomic E-state index is 0.0554. The summed E-state index contributed by atoms with van der Waals surface area (Å²) in [7, 11) is 0.126. The van der Waals surface area contributed by atoms with Crippen LogP contribution in [0.2, 0.25) is 0 Å². The highest BCUT2D eigenvalue weighted by molar-refractivity contribution is 7.44. The van der Waals surface area contributed by atoms with Gasteiger partial charge in [0.05, 0.1) is 31.2 Å². The first kappa shape index (κ1) is 18.1. The van der Waals surface area contributed by atoms with Crippen molar-refractivity contribution in [3.63, 3.8) is 0 Å². The van der Waals surface area contributed by atoms with Crippen LogP contribution in [0.4, 0.5) is 4.39 Å². The van der Waals surface area contributed by atoms with E-state index in [0.717, 1.165) is 0 Å². The summed E-state index contributed by atoms with van der Waals surface area (Å²) in [5.41, 5.74) is 0. The molecule has 22 heavy (non-hydrogen) atoms. The van der Waals surface area contributed by atoms with Gasteiger partial charge in [0.25, 0.3) is 8.53 Å². The summed E-state index contributed by atoms with van der Waals surface area (Å²) in [6, 6.07) is 1.74. The average Bonchev–Trinajstić information content (AvgIpc) is 2.74. The van der Waals surface area contributed by atoms with E-state index in [-0.39, 0.29) is 32.0 Å². The van der Waals surface area contributed by atoms with Crippen molar-refractivity contribution in [2.75, 3.05) is 6.61 Å². The van der Waals surface area contributed by atoms with Gasteiger partial charge < -0.3 is 13.8 Å². The second kappa shape index (κ2) is 9.15. The number of ether oxygens (including phenoxy) is 1. The number of rotatable bonds is 8. The van der Waals surface area contributed by atoms with Crippen LogP contribution in [0.1, 0.15) is 42.4 Å². The van der Waals surface area contributed by atoms with Crippen LogP contribution in [0.5, 0.6) is 0 Å². The first-order valence-corrected chi connectivity index (χ1v) is 8.80. The van der Waals surface area contributed by atoms with E-state index >= 15 is 0 Å². The predicted molar refractivity (Wildman–Crippen MR) is 87.9 cm³/mol.